The molecule has 7 heteroatoms. The average molecular weight is 323 g/mol. The van der Waals surface area contributed by atoms with Crippen molar-refractivity contribution in [3.63, 3.8) is 0 Å². The number of amides is 1. The molecule has 0 bridgehead atoms. The molecule has 0 radical (unpaired) electrons. The highest BCUT2D eigenvalue weighted by molar-refractivity contribution is 5.67. The smallest absolute Gasteiger partial charge is 0.407 e. The Morgan fingerprint density at radius 1 is 1.17 bits per heavy atom. The third kappa shape index (κ3) is 3.95. The zero-order valence-electron chi connectivity index (χ0n) is 13.2. The van der Waals surface area contributed by atoms with Crippen molar-refractivity contribution >= 4 is 6.09 Å². The molecule has 0 saturated carbocycles. The second kappa shape index (κ2) is 7.36. The van der Waals surface area contributed by atoms with Gasteiger partial charge in [0.15, 0.2) is 0 Å². The predicted octanol–water partition coefficient (Wildman–Crippen LogP) is 2.30. The first-order valence-corrected chi connectivity index (χ1v) is 7.44. The Bertz CT molecular complexity index is 817. The van der Waals surface area contributed by atoms with E-state index in [1.165, 1.54) is 0 Å². The van der Waals surface area contributed by atoms with Crippen molar-refractivity contribution in [2.45, 2.75) is 13.2 Å². The molecule has 122 valence electrons. The van der Waals surface area contributed by atoms with Gasteiger partial charge >= 0.3 is 6.09 Å². The lowest BCUT2D eigenvalue weighted by Gasteiger charge is -2.08. The topological polar surface area (TPSA) is 81.9 Å². The van der Waals surface area contributed by atoms with Crippen molar-refractivity contribution in [1.82, 2.24) is 25.1 Å². The quantitative estimate of drug-likeness (QED) is 0.779. The summed E-state index contributed by atoms with van der Waals surface area (Å²) in [5.74, 6) is 0. The van der Waals surface area contributed by atoms with Crippen LogP contribution in [-0.2, 0) is 24.9 Å². The van der Waals surface area contributed by atoms with Crippen molar-refractivity contribution in [2.75, 3.05) is 0 Å². The summed E-state index contributed by atoms with van der Waals surface area (Å²) in [5.41, 5.74) is 3.63. The van der Waals surface area contributed by atoms with Crippen molar-refractivity contribution in [1.29, 1.82) is 0 Å². The number of hydrogen-bond acceptors (Lipinski definition) is 5. The van der Waals surface area contributed by atoms with E-state index in [2.05, 4.69) is 20.4 Å². The lowest BCUT2D eigenvalue weighted by Crippen LogP contribution is -2.23. The standard InChI is InChI=1S/C17H17N5O2/c1-22-16(4-6-21-22)15-7-14(9-19-11-15)10-20-17(23)24-12-13-3-2-5-18-8-13/h2-9,11H,10,12H2,1H3,(H,20,23). The van der Waals surface area contributed by atoms with Gasteiger partial charge in [-0.1, -0.05) is 6.07 Å². The van der Waals surface area contributed by atoms with Gasteiger partial charge in [-0.25, -0.2) is 4.79 Å². The minimum absolute atomic E-state index is 0.187. The van der Waals surface area contributed by atoms with Crippen molar-refractivity contribution < 1.29 is 9.53 Å². The molecule has 0 unspecified atom stereocenters. The first-order valence-electron chi connectivity index (χ1n) is 7.44. The van der Waals surface area contributed by atoms with Crippen LogP contribution < -0.4 is 5.32 Å². The average Bonchev–Trinajstić information content (AvgIpc) is 3.05. The Morgan fingerprint density at radius 2 is 2.04 bits per heavy atom. The lowest BCUT2D eigenvalue weighted by molar-refractivity contribution is 0.139. The highest BCUT2D eigenvalue weighted by Gasteiger charge is 2.06. The third-order valence-corrected chi connectivity index (χ3v) is 3.44. The second-order valence-corrected chi connectivity index (χ2v) is 5.21. The fraction of sp³-hybridized carbons (Fsp3) is 0.176. The van der Waals surface area contributed by atoms with Crippen LogP contribution in [0.15, 0.2) is 55.2 Å². The molecule has 0 fully saturated rings. The maximum atomic E-state index is 11.8. The van der Waals surface area contributed by atoms with Gasteiger partial charge < -0.3 is 10.1 Å². The summed E-state index contributed by atoms with van der Waals surface area (Å²) in [5, 5.41) is 6.86. The second-order valence-electron chi connectivity index (χ2n) is 5.21. The van der Waals surface area contributed by atoms with Crippen molar-refractivity contribution in [2.24, 2.45) is 7.05 Å². The van der Waals surface area contributed by atoms with E-state index in [4.69, 9.17) is 4.74 Å². The van der Waals surface area contributed by atoms with Gasteiger partial charge in [0.25, 0.3) is 0 Å². The summed E-state index contributed by atoms with van der Waals surface area (Å²) >= 11 is 0. The molecule has 3 rings (SSSR count). The molecule has 0 aliphatic heterocycles. The van der Waals surface area contributed by atoms with E-state index in [9.17, 15) is 4.79 Å². The van der Waals surface area contributed by atoms with E-state index in [0.29, 0.717) is 6.54 Å². The number of carbonyl (C=O) groups excluding carboxylic acids is 1. The number of alkyl carbamates (subject to hydrolysis) is 1. The lowest BCUT2D eigenvalue weighted by atomic mass is 10.1. The molecule has 1 amide bonds. The summed E-state index contributed by atoms with van der Waals surface area (Å²) in [6.45, 7) is 0.525. The summed E-state index contributed by atoms with van der Waals surface area (Å²) in [7, 11) is 1.87. The van der Waals surface area contributed by atoms with Crippen LogP contribution in [0.3, 0.4) is 0 Å². The monoisotopic (exact) mass is 323 g/mol. The molecular weight excluding hydrogens is 306 g/mol. The SMILES string of the molecule is Cn1nccc1-c1cncc(CNC(=O)OCc2cccnc2)c1. The third-order valence-electron chi connectivity index (χ3n) is 3.44. The highest BCUT2D eigenvalue weighted by atomic mass is 16.5. The van der Waals surface area contributed by atoms with E-state index in [1.807, 2.05) is 25.2 Å². The minimum atomic E-state index is -0.482. The number of nitrogens with zero attached hydrogens (tertiary/aromatic N) is 4. The highest BCUT2D eigenvalue weighted by Crippen LogP contribution is 2.18. The first kappa shape index (κ1) is 15.7. The summed E-state index contributed by atoms with van der Waals surface area (Å²) in [6, 6.07) is 7.52. The molecule has 7 nitrogen and oxygen atoms in total. The van der Waals surface area contributed by atoms with Crippen LogP contribution in [0.4, 0.5) is 4.79 Å². The van der Waals surface area contributed by atoms with Gasteiger partial charge in [-0.05, 0) is 23.8 Å². The maximum Gasteiger partial charge on any atom is 0.407 e. The van der Waals surface area contributed by atoms with E-state index in [0.717, 1.165) is 22.4 Å². The van der Waals surface area contributed by atoms with Crippen LogP contribution in [0.2, 0.25) is 0 Å². The number of nitrogens with one attached hydrogen (secondary N) is 1. The maximum absolute atomic E-state index is 11.8. The number of carbonyl (C=O) groups is 1. The van der Waals surface area contributed by atoms with Crippen LogP contribution in [0.1, 0.15) is 11.1 Å². The van der Waals surface area contributed by atoms with E-state index >= 15 is 0 Å². The Kier molecular flexibility index (Phi) is 4.81. The molecule has 0 aliphatic carbocycles. The Morgan fingerprint density at radius 3 is 2.79 bits per heavy atom. The zero-order valence-corrected chi connectivity index (χ0v) is 13.2. The molecule has 0 aromatic carbocycles. The molecule has 3 aromatic rings. The Hall–Kier alpha value is -3.22. The van der Waals surface area contributed by atoms with E-state index < -0.39 is 6.09 Å². The molecule has 3 aromatic heterocycles. The number of hydrogen-bond donors (Lipinski definition) is 1. The van der Waals surface area contributed by atoms with Gasteiger partial charge in [0.1, 0.15) is 6.61 Å². The van der Waals surface area contributed by atoms with E-state index in [-0.39, 0.29) is 6.61 Å². The Labute approximate surface area is 139 Å². The number of rotatable bonds is 5. The normalized spacial score (nSPS) is 10.4. The number of aryl methyl sites for hydroxylation is 1. The predicted molar refractivity (Wildman–Crippen MR) is 87.7 cm³/mol. The van der Waals surface area contributed by atoms with E-state index in [1.54, 1.807) is 41.7 Å². The molecular formula is C17H17N5O2. The van der Waals surface area contributed by atoms with Gasteiger partial charge in [-0.15, -0.1) is 0 Å². The summed E-state index contributed by atoms with van der Waals surface area (Å²) < 4.78 is 6.92. The number of ether oxygens (including phenoxy) is 1. The fourth-order valence-corrected chi connectivity index (χ4v) is 2.24. The molecule has 1 N–H and O–H groups in total. The van der Waals surface area contributed by atoms with Crippen LogP contribution in [0.5, 0.6) is 0 Å². The van der Waals surface area contributed by atoms with Crippen LogP contribution in [0, 0.1) is 0 Å². The van der Waals surface area contributed by atoms with Crippen LogP contribution in [-0.4, -0.2) is 25.8 Å². The number of aromatic nitrogens is 4. The van der Waals surface area contributed by atoms with Crippen molar-refractivity contribution in [3.05, 3.63) is 66.4 Å². The molecule has 0 spiro atoms. The van der Waals surface area contributed by atoms with Crippen LogP contribution in [0.25, 0.3) is 11.3 Å². The first-order chi connectivity index (χ1) is 11.7. The molecule has 24 heavy (non-hydrogen) atoms. The van der Waals surface area contributed by atoms with Crippen molar-refractivity contribution in [3.8, 4) is 11.3 Å². The van der Waals surface area contributed by atoms with Gasteiger partial charge in [-0.2, -0.15) is 5.10 Å². The summed E-state index contributed by atoms with van der Waals surface area (Å²) in [6.07, 6.45) is 8.06. The van der Waals surface area contributed by atoms with Crippen LogP contribution >= 0.6 is 0 Å². The minimum Gasteiger partial charge on any atom is -0.445 e. The molecule has 3 heterocycles. The van der Waals surface area contributed by atoms with Gasteiger partial charge in [0.2, 0.25) is 0 Å². The molecule has 0 atom stereocenters. The Balaban J connectivity index is 1.55. The van der Waals surface area contributed by atoms with Gasteiger partial charge in [0.05, 0.1) is 5.69 Å². The van der Waals surface area contributed by atoms with Gasteiger partial charge in [0, 0.05) is 55.7 Å². The fourth-order valence-electron chi connectivity index (χ4n) is 2.24. The molecule has 0 aliphatic rings. The molecule has 0 saturated heterocycles. The zero-order chi connectivity index (χ0) is 16.8. The summed E-state index contributed by atoms with van der Waals surface area (Å²) in [4.78, 5) is 20.0. The van der Waals surface area contributed by atoms with Gasteiger partial charge in [-0.3, -0.25) is 14.6 Å². The largest absolute Gasteiger partial charge is 0.445 e. The number of pyridine rings is 2.